The Morgan fingerprint density at radius 1 is 1.35 bits per heavy atom. The van der Waals surface area contributed by atoms with Gasteiger partial charge in [0.15, 0.2) is 0 Å². The van der Waals surface area contributed by atoms with Crippen molar-refractivity contribution in [1.29, 1.82) is 0 Å². The molecule has 1 amide bonds. The van der Waals surface area contributed by atoms with E-state index in [2.05, 4.69) is 19.0 Å². The highest BCUT2D eigenvalue weighted by Gasteiger charge is 2.38. The van der Waals surface area contributed by atoms with E-state index in [9.17, 15) is 9.18 Å². The van der Waals surface area contributed by atoms with Crippen LogP contribution in [-0.4, -0.2) is 34.7 Å². The molecule has 3 atom stereocenters. The summed E-state index contributed by atoms with van der Waals surface area (Å²) < 4.78 is 14.0. The number of rotatable bonds is 2. The fourth-order valence-electron chi connectivity index (χ4n) is 3.45. The predicted octanol–water partition coefficient (Wildman–Crippen LogP) is 3.76. The van der Waals surface area contributed by atoms with Crippen molar-refractivity contribution in [2.45, 2.75) is 57.7 Å². The Hall–Kier alpha value is -1.62. The van der Waals surface area contributed by atoms with Crippen molar-refractivity contribution in [3.63, 3.8) is 0 Å². The molecular formula is C17H20ClFN2O2. The Bertz CT molecular complexity index is 619. The molecule has 0 aromatic heterocycles. The van der Waals surface area contributed by atoms with Gasteiger partial charge in [0.1, 0.15) is 5.82 Å². The van der Waals surface area contributed by atoms with Crippen LogP contribution in [0.3, 0.4) is 0 Å². The molecule has 2 aliphatic rings. The lowest BCUT2D eigenvalue weighted by atomic mass is 9.95. The molecule has 1 fully saturated rings. The number of benzene rings is 1. The first-order chi connectivity index (χ1) is 11.0. The average Bonchev–Trinajstić information content (AvgIpc) is 2.96. The van der Waals surface area contributed by atoms with E-state index in [0.29, 0.717) is 5.71 Å². The van der Waals surface area contributed by atoms with Gasteiger partial charge in [0.2, 0.25) is 6.10 Å². The quantitative estimate of drug-likeness (QED) is 0.824. The first-order valence-corrected chi connectivity index (χ1v) is 8.36. The molecule has 23 heavy (non-hydrogen) atoms. The number of carbonyl (C=O) groups is 1. The minimum Gasteiger partial charge on any atom is -0.382 e. The van der Waals surface area contributed by atoms with Gasteiger partial charge >= 0.3 is 0 Å². The maximum Gasteiger partial charge on any atom is 0.267 e. The smallest absolute Gasteiger partial charge is 0.267 e. The van der Waals surface area contributed by atoms with Gasteiger partial charge in [-0.1, -0.05) is 22.8 Å². The molecule has 4 nitrogen and oxygen atoms in total. The van der Waals surface area contributed by atoms with Gasteiger partial charge in [0, 0.05) is 18.5 Å². The fraction of sp³-hybridized carbons (Fsp3) is 0.529. The van der Waals surface area contributed by atoms with Crippen molar-refractivity contribution < 1.29 is 14.0 Å². The summed E-state index contributed by atoms with van der Waals surface area (Å²) in [4.78, 5) is 20.0. The molecule has 1 aromatic carbocycles. The summed E-state index contributed by atoms with van der Waals surface area (Å²) in [5, 5.41) is 4.20. The van der Waals surface area contributed by atoms with E-state index in [0.717, 1.165) is 19.3 Å². The van der Waals surface area contributed by atoms with Crippen LogP contribution in [0.2, 0.25) is 5.02 Å². The summed E-state index contributed by atoms with van der Waals surface area (Å²) in [5.41, 5.74) is 0.618. The first-order valence-electron chi connectivity index (χ1n) is 7.98. The summed E-state index contributed by atoms with van der Waals surface area (Å²) in [6, 6.07) is 4.85. The second kappa shape index (κ2) is 6.48. The second-order valence-electron chi connectivity index (χ2n) is 6.31. The molecule has 0 spiro atoms. The maximum atomic E-state index is 14.0. The third-order valence-electron chi connectivity index (χ3n) is 4.64. The van der Waals surface area contributed by atoms with Gasteiger partial charge < -0.3 is 9.74 Å². The van der Waals surface area contributed by atoms with Crippen LogP contribution in [0.1, 0.15) is 45.1 Å². The highest BCUT2D eigenvalue weighted by Crippen LogP contribution is 2.29. The van der Waals surface area contributed by atoms with Crippen LogP contribution in [0.15, 0.2) is 23.4 Å². The van der Waals surface area contributed by atoms with Gasteiger partial charge in [-0.05, 0) is 45.2 Å². The number of oxime groups is 1. The molecule has 2 heterocycles. The van der Waals surface area contributed by atoms with Crippen molar-refractivity contribution in [2.24, 2.45) is 5.16 Å². The van der Waals surface area contributed by atoms with E-state index in [1.807, 2.05) is 4.90 Å². The molecule has 0 bridgehead atoms. The van der Waals surface area contributed by atoms with Crippen LogP contribution < -0.4 is 0 Å². The molecule has 6 heteroatoms. The van der Waals surface area contributed by atoms with Gasteiger partial charge in [0.05, 0.1) is 16.3 Å². The molecule has 1 aromatic rings. The zero-order valence-corrected chi connectivity index (χ0v) is 14.0. The number of amides is 1. The highest BCUT2D eigenvalue weighted by molar-refractivity contribution is 6.34. The summed E-state index contributed by atoms with van der Waals surface area (Å²) >= 11 is 6.06. The summed E-state index contributed by atoms with van der Waals surface area (Å²) in [6.45, 7) is 4.11. The number of piperidine rings is 1. The standard InChI is InChI=1S/C17H20ClFN2O2/c1-10-5-3-6-11(2)21(10)17(22)15-9-14(20-23-15)16-12(18)7-4-8-13(16)19/h4,7-8,10-11,15H,3,5-6,9H2,1-2H3/t10-,11+,15-/m0/s1. The van der Waals surface area contributed by atoms with Crippen molar-refractivity contribution >= 4 is 23.2 Å². The Morgan fingerprint density at radius 2 is 2.04 bits per heavy atom. The van der Waals surface area contributed by atoms with E-state index in [-0.39, 0.29) is 35.0 Å². The zero-order chi connectivity index (χ0) is 16.6. The van der Waals surface area contributed by atoms with Crippen molar-refractivity contribution in [3.8, 4) is 0 Å². The average molecular weight is 339 g/mol. The lowest BCUT2D eigenvalue weighted by molar-refractivity contribution is -0.148. The first kappa shape index (κ1) is 16.2. The number of hydrogen-bond acceptors (Lipinski definition) is 3. The zero-order valence-electron chi connectivity index (χ0n) is 13.3. The number of likely N-dealkylation sites (tertiary alicyclic amines) is 1. The van der Waals surface area contributed by atoms with Gasteiger partial charge in [-0.3, -0.25) is 4.79 Å². The fourth-order valence-corrected chi connectivity index (χ4v) is 3.73. The summed E-state index contributed by atoms with van der Waals surface area (Å²) in [7, 11) is 0. The molecule has 1 saturated heterocycles. The topological polar surface area (TPSA) is 41.9 Å². The highest BCUT2D eigenvalue weighted by atomic mass is 35.5. The van der Waals surface area contributed by atoms with Crippen molar-refractivity contribution in [3.05, 3.63) is 34.6 Å². The number of carbonyl (C=O) groups excluding carboxylic acids is 1. The van der Waals surface area contributed by atoms with Crippen LogP contribution in [-0.2, 0) is 9.63 Å². The van der Waals surface area contributed by atoms with E-state index < -0.39 is 11.9 Å². The minimum absolute atomic E-state index is 0.0732. The van der Waals surface area contributed by atoms with Crippen LogP contribution in [0, 0.1) is 5.82 Å². The third-order valence-corrected chi connectivity index (χ3v) is 4.96. The predicted molar refractivity (Wildman–Crippen MR) is 87.1 cm³/mol. The van der Waals surface area contributed by atoms with Gasteiger partial charge in [-0.25, -0.2) is 4.39 Å². The molecule has 124 valence electrons. The number of nitrogens with zero attached hydrogens (tertiary/aromatic N) is 2. The molecular weight excluding hydrogens is 319 g/mol. The van der Waals surface area contributed by atoms with Crippen molar-refractivity contribution in [2.75, 3.05) is 0 Å². The Labute approximate surface area is 140 Å². The molecule has 2 aliphatic heterocycles. The number of hydrogen-bond donors (Lipinski definition) is 0. The van der Waals surface area contributed by atoms with Gasteiger partial charge in [-0.15, -0.1) is 0 Å². The van der Waals surface area contributed by atoms with E-state index in [1.54, 1.807) is 6.07 Å². The van der Waals surface area contributed by atoms with Crippen molar-refractivity contribution in [1.82, 2.24) is 4.90 Å². The molecule has 0 saturated carbocycles. The molecule has 0 radical (unpaired) electrons. The van der Waals surface area contributed by atoms with Crippen LogP contribution >= 0.6 is 11.6 Å². The lowest BCUT2D eigenvalue weighted by Crippen LogP contribution is -2.51. The minimum atomic E-state index is -0.691. The van der Waals surface area contributed by atoms with E-state index >= 15 is 0 Å². The van der Waals surface area contributed by atoms with Gasteiger partial charge in [0.25, 0.3) is 5.91 Å². The molecule has 3 rings (SSSR count). The monoisotopic (exact) mass is 338 g/mol. The van der Waals surface area contributed by atoms with Crippen LogP contribution in [0.5, 0.6) is 0 Å². The summed E-state index contributed by atoms with van der Waals surface area (Å²) in [6.07, 6.45) is 2.67. The molecule has 0 unspecified atom stereocenters. The normalized spacial score (nSPS) is 27.6. The second-order valence-corrected chi connectivity index (χ2v) is 6.71. The van der Waals surface area contributed by atoms with Crippen LogP contribution in [0.25, 0.3) is 0 Å². The Balaban J connectivity index is 1.75. The van der Waals surface area contributed by atoms with E-state index in [1.165, 1.54) is 12.1 Å². The molecule has 0 N–H and O–H groups in total. The Morgan fingerprint density at radius 3 is 2.70 bits per heavy atom. The third kappa shape index (κ3) is 3.07. The van der Waals surface area contributed by atoms with Gasteiger partial charge in [-0.2, -0.15) is 0 Å². The summed E-state index contributed by atoms with van der Waals surface area (Å²) in [5.74, 6) is -0.524. The maximum absolute atomic E-state index is 14.0. The van der Waals surface area contributed by atoms with Crippen LogP contribution in [0.4, 0.5) is 4.39 Å². The lowest BCUT2D eigenvalue weighted by Gasteiger charge is -2.39. The molecule has 0 aliphatic carbocycles. The Kier molecular flexibility index (Phi) is 4.57. The SMILES string of the molecule is C[C@@H]1CCC[C@H](C)N1C(=O)[C@@H]1CC(c2c(F)cccc2Cl)=NO1. The number of halogens is 2. The van der Waals surface area contributed by atoms with E-state index in [4.69, 9.17) is 16.4 Å². The largest absolute Gasteiger partial charge is 0.382 e.